The lowest BCUT2D eigenvalue weighted by molar-refractivity contribution is 0.153. The summed E-state index contributed by atoms with van der Waals surface area (Å²) in [4.78, 5) is 2.47. The fourth-order valence-corrected chi connectivity index (χ4v) is 4.01. The number of benzene rings is 2. The zero-order valence-corrected chi connectivity index (χ0v) is 16.9. The van der Waals surface area contributed by atoms with Crippen LogP contribution in [0.15, 0.2) is 47.0 Å². The van der Waals surface area contributed by atoms with Gasteiger partial charge in [0, 0.05) is 23.9 Å². The van der Waals surface area contributed by atoms with E-state index in [9.17, 15) is 4.39 Å². The molecule has 1 aromatic heterocycles. The summed E-state index contributed by atoms with van der Waals surface area (Å²) in [5.41, 5.74) is 1.50. The summed E-state index contributed by atoms with van der Waals surface area (Å²) < 4.78 is 30.1. The van der Waals surface area contributed by atoms with E-state index in [4.69, 9.17) is 14.0 Å². The molecule has 0 bridgehead atoms. The second kappa shape index (κ2) is 8.82. The Morgan fingerprint density at radius 1 is 1.17 bits per heavy atom. The number of halogens is 1. The molecule has 2 heterocycles. The minimum atomic E-state index is -0.292. The van der Waals surface area contributed by atoms with E-state index in [0.717, 1.165) is 61.5 Å². The molecule has 0 amide bonds. The predicted octanol–water partition coefficient (Wildman–Crippen LogP) is 5.01. The molecule has 4 rings (SSSR count). The number of likely N-dealkylation sites (tertiary alicyclic amines) is 1. The smallest absolute Gasteiger partial charge is 0.170 e. The third-order valence-corrected chi connectivity index (χ3v) is 5.69. The summed E-state index contributed by atoms with van der Waals surface area (Å²) in [6.45, 7) is 5.12. The lowest BCUT2D eigenvalue weighted by atomic mass is 9.91. The molecule has 3 aromatic rings. The Bertz CT molecular complexity index is 950. The molecule has 1 aliphatic heterocycles. The van der Waals surface area contributed by atoms with Gasteiger partial charge in [0.1, 0.15) is 5.82 Å². The molecule has 0 saturated carbocycles. The van der Waals surface area contributed by atoms with Gasteiger partial charge in [0.05, 0.1) is 18.9 Å². The van der Waals surface area contributed by atoms with Gasteiger partial charge in [-0.2, -0.15) is 0 Å². The second-order valence-corrected chi connectivity index (χ2v) is 7.69. The summed E-state index contributed by atoms with van der Waals surface area (Å²) in [5.74, 6) is 1.62. The Morgan fingerprint density at radius 3 is 2.69 bits per heavy atom. The van der Waals surface area contributed by atoms with Crippen LogP contribution < -0.4 is 9.47 Å². The van der Waals surface area contributed by atoms with Crippen LogP contribution in [0.1, 0.15) is 37.8 Å². The van der Waals surface area contributed by atoms with E-state index in [1.54, 1.807) is 13.2 Å². The molecule has 1 fully saturated rings. The van der Waals surface area contributed by atoms with Crippen LogP contribution in [0.4, 0.5) is 4.39 Å². The second-order valence-electron chi connectivity index (χ2n) is 7.69. The minimum Gasteiger partial charge on any atom is -0.493 e. The van der Waals surface area contributed by atoms with Gasteiger partial charge >= 0.3 is 0 Å². The van der Waals surface area contributed by atoms with Gasteiger partial charge in [0.2, 0.25) is 0 Å². The molecule has 2 aromatic carbocycles. The van der Waals surface area contributed by atoms with Gasteiger partial charge in [0.15, 0.2) is 17.1 Å². The maximum atomic E-state index is 13.4. The molecule has 1 aliphatic rings. The predicted molar refractivity (Wildman–Crippen MR) is 110 cm³/mol. The molecular weight excluding hydrogens is 371 g/mol. The Kier molecular flexibility index (Phi) is 6.00. The number of hydrogen-bond donors (Lipinski definition) is 0. The molecule has 1 unspecified atom stereocenters. The van der Waals surface area contributed by atoms with Crippen molar-refractivity contribution in [2.45, 2.75) is 38.2 Å². The van der Waals surface area contributed by atoms with Crippen LogP contribution in [0, 0.1) is 5.82 Å². The van der Waals surface area contributed by atoms with Gasteiger partial charge in [-0.3, -0.25) is 0 Å². The number of piperidine rings is 1. The lowest BCUT2D eigenvalue weighted by Crippen LogP contribution is -2.35. The van der Waals surface area contributed by atoms with Gasteiger partial charge in [-0.15, -0.1) is 0 Å². The average Bonchev–Trinajstić information content (AvgIpc) is 3.16. The Morgan fingerprint density at radius 2 is 1.93 bits per heavy atom. The quantitative estimate of drug-likeness (QED) is 0.560. The fourth-order valence-electron chi connectivity index (χ4n) is 4.01. The van der Waals surface area contributed by atoms with Crippen LogP contribution >= 0.6 is 0 Å². The maximum absolute atomic E-state index is 13.4. The Balaban J connectivity index is 1.27. The highest BCUT2D eigenvalue weighted by Gasteiger charge is 2.25. The van der Waals surface area contributed by atoms with E-state index in [1.165, 1.54) is 12.1 Å². The van der Waals surface area contributed by atoms with Crippen molar-refractivity contribution in [3.8, 4) is 11.5 Å². The number of hydrogen-bond acceptors (Lipinski definition) is 5. The molecule has 1 atom stereocenters. The van der Waals surface area contributed by atoms with E-state index in [-0.39, 0.29) is 11.9 Å². The van der Waals surface area contributed by atoms with Crippen molar-refractivity contribution in [1.29, 1.82) is 0 Å². The molecular formula is C23H27FN2O3. The molecule has 29 heavy (non-hydrogen) atoms. The van der Waals surface area contributed by atoms with Gasteiger partial charge in [-0.05, 0) is 63.5 Å². The minimum absolute atomic E-state index is 0.110. The van der Waals surface area contributed by atoms with E-state index in [0.29, 0.717) is 11.5 Å². The third-order valence-electron chi connectivity index (χ3n) is 5.69. The summed E-state index contributed by atoms with van der Waals surface area (Å²) in [5, 5.41) is 5.16. The van der Waals surface area contributed by atoms with E-state index in [2.05, 4.69) is 17.0 Å². The summed E-state index contributed by atoms with van der Waals surface area (Å²) in [7, 11) is 1.66. The van der Waals surface area contributed by atoms with Crippen LogP contribution in [0.3, 0.4) is 0 Å². The molecule has 5 nitrogen and oxygen atoms in total. The van der Waals surface area contributed by atoms with Crippen LogP contribution in [0.25, 0.3) is 11.0 Å². The van der Waals surface area contributed by atoms with E-state index in [1.807, 2.05) is 24.3 Å². The van der Waals surface area contributed by atoms with Crippen LogP contribution in [0.2, 0.25) is 0 Å². The number of aromatic nitrogens is 1. The van der Waals surface area contributed by atoms with Crippen LogP contribution in [0.5, 0.6) is 11.5 Å². The molecule has 0 aliphatic carbocycles. The number of ether oxygens (including phenoxy) is 2. The van der Waals surface area contributed by atoms with Gasteiger partial charge in [-0.25, -0.2) is 4.39 Å². The average molecular weight is 398 g/mol. The Hall–Kier alpha value is -2.60. The standard InChI is InChI=1S/C23H27FN2O3/c1-16(28-21-6-4-3-5-20(21)27-2)9-12-26-13-10-17(11-14-26)23-19-8-7-18(24)15-22(19)29-25-23/h3-8,15-17H,9-14H2,1-2H3. The number of fused-ring (bicyclic) bond motifs is 1. The largest absolute Gasteiger partial charge is 0.493 e. The fraction of sp³-hybridized carbons (Fsp3) is 0.435. The first-order valence-corrected chi connectivity index (χ1v) is 10.2. The van der Waals surface area contributed by atoms with Crippen molar-refractivity contribution in [3.05, 3.63) is 54.0 Å². The van der Waals surface area contributed by atoms with Crippen LogP contribution in [-0.2, 0) is 0 Å². The van der Waals surface area contributed by atoms with Crippen molar-refractivity contribution >= 4 is 11.0 Å². The number of para-hydroxylation sites is 2. The molecule has 154 valence electrons. The lowest BCUT2D eigenvalue weighted by Gasteiger charge is -2.31. The number of nitrogens with zero attached hydrogens (tertiary/aromatic N) is 2. The Labute approximate surface area is 170 Å². The van der Waals surface area contributed by atoms with Crippen molar-refractivity contribution < 1.29 is 18.4 Å². The van der Waals surface area contributed by atoms with Crippen molar-refractivity contribution in [2.75, 3.05) is 26.7 Å². The highest BCUT2D eigenvalue weighted by molar-refractivity contribution is 5.79. The molecule has 6 heteroatoms. The van der Waals surface area contributed by atoms with Gasteiger partial charge < -0.3 is 18.9 Å². The first-order valence-electron chi connectivity index (χ1n) is 10.2. The first kappa shape index (κ1) is 19.7. The topological polar surface area (TPSA) is 47.7 Å². The van der Waals surface area contributed by atoms with E-state index < -0.39 is 0 Å². The van der Waals surface area contributed by atoms with Gasteiger partial charge in [-0.1, -0.05) is 17.3 Å². The van der Waals surface area contributed by atoms with Crippen molar-refractivity contribution in [3.63, 3.8) is 0 Å². The SMILES string of the molecule is COc1ccccc1OC(C)CCN1CCC(c2noc3cc(F)ccc23)CC1. The number of methoxy groups -OCH3 is 1. The first-order chi connectivity index (χ1) is 14.1. The maximum Gasteiger partial charge on any atom is 0.170 e. The normalized spacial score (nSPS) is 16.8. The van der Waals surface area contributed by atoms with Gasteiger partial charge in [0.25, 0.3) is 0 Å². The molecule has 1 saturated heterocycles. The molecule has 0 spiro atoms. The molecule has 0 N–H and O–H groups in total. The summed E-state index contributed by atoms with van der Waals surface area (Å²) in [6, 6.07) is 12.4. The van der Waals surface area contributed by atoms with E-state index >= 15 is 0 Å². The third kappa shape index (κ3) is 4.53. The summed E-state index contributed by atoms with van der Waals surface area (Å²) in [6.07, 6.45) is 3.12. The van der Waals surface area contributed by atoms with Crippen LogP contribution in [-0.4, -0.2) is 42.9 Å². The highest BCUT2D eigenvalue weighted by Crippen LogP contribution is 2.33. The molecule has 0 radical (unpaired) electrons. The highest BCUT2D eigenvalue weighted by atomic mass is 19.1. The zero-order valence-electron chi connectivity index (χ0n) is 16.9. The van der Waals surface area contributed by atoms with Crippen molar-refractivity contribution in [2.24, 2.45) is 0 Å². The number of rotatable bonds is 7. The summed E-state index contributed by atoms with van der Waals surface area (Å²) >= 11 is 0. The monoisotopic (exact) mass is 398 g/mol. The van der Waals surface area contributed by atoms with Crippen molar-refractivity contribution in [1.82, 2.24) is 10.1 Å². The zero-order chi connectivity index (χ0) is 20.2.